The van der Waals surface area contributed by atoms with Crippen LogP contribution in [-0.2, 0) is 0 Å². The number of anilines is 1. The molecular formula is C16H15BrCl2N2O2. The Morgan fingerprint density at radius 2 is 2.00 bits per heavy atom. The van der Waals surface area contributed by atoms with Crippen LogP contribution in [0.2, 0.25) is 10.0 Å². The maximum atomic E-state index is 11.6. The fourth-order valence-electron chi connectivity index (χ4n) is 1.89. The molecule has 2 rings (SSSR count). The average Bonchev–Trinajstić information content (AvgIpc) is 2.54. The molecule has 0 unspecified atom stereocenters. The predicted octanol–water partition coefficient (Wildman–Crippen LogP) is 4.61. The molecule has 0 saturated carbocycles. The first-order valence-electron chi connectivity index (χ1n) is 6.84. The number of rotatable bonds is 6. The summed E-state index contributed by atoms with van der Waals surface area (Å²) < 4.78 is 6.46. The van der Waals surface area contributed by atoms with Crippen molar-refractivity contribution in [3.05, 3.63) is 56.5 Å². The summed E-state index contributed by atoms with van der Waals surface area (Å²) in [6.45, 7) is 0.965. The van der Waals surface area contributed by atoms with Gasteiger partial charge in [-0.2, -0.15) is 0 Å². The van der Waals surface area contributed by atoms with Gasteiger partial charge in [0.15, 0.2) is 0 Å². The van der Waals surface area contributed by atoms with Gasteiger partial charge in [0, 0.05) is 24.2 Å². The Bertz CT molecular complexity index is 710. The summed E-state index contributed by atoms with van der Waals surface area (Å²) in [4.78, 5) is 11.6. The molecule has 0 aliphatic heterocycles. The van der Waals surface area contributed by atoms with Gasteiger partial charge in [0.2, 0.25) is 0 Å². The number of ether oxygens (including phenoxy) is 1. The second-order valence-corrected chi connectivity index (χ2v) is 6.32. The SMILES string of the molecule is CNC(=O)c1ccc(Cl)c(NCCOc2ccc(Cl)cc2Br)c1. The van der Waals surface area contributed by atoms with Gasteiger partial charge in [0.05, 0.1) is 15.2 Å². The zero-order valence-electron chi connectivity index (χ0n) is 12.3. The lowest BCUT2D eigenvalue weighted by Crippen LogP contribution is -2.18. The first kappa shape index (κ1) is 17.9. The summed E-state index contributed by atoms with van der Waals surface area (Å²) in [5, 5.41) is 6.92. The number of hydrogen-bond donors (Lipinski definition) is 2. The van der Waals surface area contributed by atoms with Crippen LogP contribution in [0.15, 0.2) is 40.9 Å². The summed E-state index contributed by atoms with van der Waals surface area (Å²) in [6, 6.07) is 10.4. The maximum Gasteiger partial charge on any atom is 0.251 e. The molecule has 7 heteroatoms. The molecule has 0 heterocycles. The maximum absolute atomic E-state index is 11.6. The summed E-state index contributed by atoms with van der Waals surface area (Å²) in [6.07, 6.45) is 0. The third kappa shape index (κ3) is 5.03. The van der Waals surface area contributed by atoms with Gasteiger partial charge in [-0.3, -0.25) is 4.79 Å². The van der Waals surface area contributed by atoms with Crippen LogP contribution in [-0.4, -0.2) is 26.1 Å². The molecule has 23 heavy (non-hydrogen) atoms. The van der Waals surface area contributed by atoms with Crippen molar-refractivity contribution in [2.24, 2.45) is 0 Å². The summed E-state index contributed by atoms with van der Waals surface area (Å²) >= 11 is 15.4. The van der Waals surface area contributed by atoms with E-state index in [-0.39, 0.29) is 5.91 Å². The van der Waals surface area contributed by atoms with Gasteiger partial charge in [-0.25, -0.2) is 0 Å². The van der Waals surface area contributed by atoms with Crippen molar-refractivity contribution >= 4 is 50.7 Å². The van der Waals surface area contributed by atoms with E-state index in [1.54, 1.807) is 43.4 Å². The zero-order chi connectivity index (χ0) is 16.8. The Morgan fingerprint density at radius 3 is 2.70 bits per heavy atom. The highest BCUT2D eigenvalue weighted by molar-refractivity contribution is 9.10. The van der Waals surface area contributed by atoms with E-state index in [1.165, 1.54) is 0 Å². The summed E-state index contributed by atoms with van der Waals surface area (Å²) in [5.41, 5.74) is 1.23. The fraction of sp³-hybridized carbons (Fsp3) is 0.188. The lowest BCUT2D eigenvalue weighted by atomic mass is 10.2. The van der Waals surface area contributed by atoms with Gasteiger partial charge in [-0.1, -0.05) is 23.2 Å². The predicted molar refractivity (Wildman–Crippen MR) is 98.0 cm³/mol. The molecule has 2 aromatic carbocycles. The smallest absolute Gasteiger partial charge is 0.251 e. The molecule has 0 spiro atoms. The topological polar surface area (TPSA) is 50.4 Å². The molecule has 0 atom stereocenters. The van der Waals surface area contributed by atoms with Crippen molar-refractivity contribution in [3.8, 4) is 5.75 Å². The number of benzene rings is 2. The number of nitrogens with one attached hydrogen (secondary N) is 2. The van der Waals surface area contributed by atoms with Gasteiger partial charge in [0.25, 0.3) is 5.91 Å². The molecule has 0 fully saturated rings. The van der Waals surface area contributed by atoms with Gasteiger partial charge in [0.1, 0.15) is 12.4 Å². The standard InChI is InChI=1S/C16H15BrCl2N2O2/c1-20-16(22)10-2-4-13(19)14(8-10)21-6-7-23-15-5-3-11(18)9-12(15)17/h2-5,8-9,21H,6-7H2,1H3,(H,20,22). The zero-order valence-corrected chi connectivity index (χ0v) is 15.4. The lowest BCUT2D eigenvalue weighted by Gasteiger charge is -2.12. The summed E-state index contributed by atoms with van der Waals surface area (Å²) in [7, 11) is 1.59. The van der Waals surface area contributed by atoms with E-state index in [4.69, 9.17) is 27.9 Å². The minimum Gasteiger partial charge on any atom is -0.491 e. The monoisotopic (exact) mass is 416 g/mol. The molecule has 0 aliphatic carbocycles. The third-order valence-electron chi connectivity index (χ3n) is 3.02. The Morgan fingerprint density at radius 1 is 1.22 bits per heavy atom. The molecule has 122 valence electrons. The lowest BCUT2D eigenvalue weighted by molar-refractivity contribution is 0.0963. The quantitative estimate of drug-likeness (QED) is 0.675. The molecule has 1 amide bonds. The molecule has 0 bridgehead atoms. The Balaban J connectivity index is 1.92. The van der Waals surface area contributed by atoms with E-state index in [9.17, 15) is 4.79 Å². The number of amides is 1. The molecule has 4 nitrogen and oxygen atoms in total. The number of carbonyl (C=O) groups is 1. The molecule has 0 radical (unpaired) electrons. The van der Waals surface area contributed by atoms with Crippen LogP contribution >= 0.6 is 39.1 Å². The second-order valence-electron chi connectivity index (χ2n) is 4.62. The number of carbonyl (C=O) groups excluding carboxylic acids is 1. The van der Waals surface area contributed by atoms with Gasteiger partial charge >= 0.3 is 0 Å². The second kappa shape index (κ2) is 8.43. The molecule has 2 aromatic rings. The van der Waals surface area contributed by atoms with Gasteiger partial charge < -0.3 is 15.4 Å². The average molecular weight is 418 g/mol. The van der Waals surface area contributed by atoms with Crippen molar-refractivity contribution < 1.29 is 9.53 Å². The van der Waals surface area contributed by atoms with Crippen LogP contribution in [0, 0.1) is 0 Å². The van der Waals surface area contributed by atoms with E-state index < -0.39 is 0 Å². The molecular weight excluding hydrogens is 403 g/mol. The highest BCUT2D eigenvalue weighted by Crippen LogP contribution is 2.28. The fourth-order valence-corrected chi connectivity index (χ4v) is 2.87. The normalized spacial score (nSPS) is 10.3. The van der Waals surface area contributed by atoms with Crippen LogP contribution < -0.4 is 15.4 Å². The molecule has 2 N–H and O–H groups in total. The number of halogens is 3. The Hall–Kier alpha value is -1.43. The van der Waals surface area contributed by atoms with E-state index in [2.05, 4.69) is 26.6 Å². The van der Waals surface area contributed by atoms with E-state index >= 15 is 0 Å². The van der Waals surface area contributed by atoms with Gasteiger partial charge in [-0.05, 0) is 52.3 Å². The van der Waals surface area contributed by atoms with E-state index in [1.807, 2.05) is 0 Å². The van der Waals surface area contributed by atoms with Crippen LogP contribution in [0.5, 0.6) is 5.75 Å². The highest BCUT2D eigenvalue weighted by Gasteiger charge is 2.07. The van der Waals surface area contributed by atoms with Crippen LogP contribution in [0.3, 0.4) is 0 Å². The number of hydrogen-bond acceptors (Lipinski definition) is 3. The van der Waals surface area contributed by atoms with Crippen LogP contribution in [0.4, 0.5) is 5.69 Å². The highest BCUT2D eigenvalue weighted by atomic mass is 79.9. The van der Waals surface area contributed by atoms with E-state index in [0.29, 0.717) is 40.2 Å². The van der Waals surface area contributed by atoms with Crippen molar-refractivity contribution in [2.45, 2.75) is 0 Å². The van der Waals surface area contributed by atoms with Crippen molar-refractivity contribution in [1.29, 1.82) is 0 Å². The first-order valence-corrected chi connectivity index (χ1v) is 8.39. The van der Waals surface area contributed by atoms with Gasteiger partial charge in [-0.15, -0.1) is 0 Å². The Kier molecular flexibility index (Phi) is 6.57. The minimum absolute atomic E-state index is 0.161. The molecule has 0 aliphatic rings. The van der Waals surface area contributed by atoms with Crippen molar-refractivity contribution in [1.82, 2.24) is 5.32 Å². The summed E-state index contributed by atoms with van der Waals surface area (Å²) in [5.74, 6) is 0.549. The van der Waals surface area contributed by atoms with Crippen molar-refractivity contribution in [2.75, 3.05) is 25.5 Å². The largest absolute Gasteiger partial charge is 0.491 e. The van der Waals surface area contributed by atoms with E-state index in [0.717, 1.165) is 4.47 Å². The minimum atomic E-state index is -0.161. The van der Waals surface area contributed by atoms with Crippen molar-refractivity contribution in [3.63, 3.8) is 0 Å². The first-order chi connectivity index (χ1) is 11.0. The van der Waals surface area contributed by atoms with Crippen LogP contribution in [0.25, 0.3) is 0 Å². The Labute approximate surface area is 153 Å². The van der Waals surface area contributed by atoms with Crippen LogP contribution in [0.1, 0.15) is 10.4 Å². The molecule has 0 saturated heterocycles. The third-order valence-corrected chi connectivity index (χ3v) is 4.21. The molecule has 0 aromatic heterocycles.